The normalized spacial score (nSPS) is 16.9. The van der Waals surface area contributed by atoms with Crippen LogP contribution >= 0.6 is 11.8 Å². The Hall–Kier alpha value is -0.190. The van der Waals surface area contributed by atoms with Gasteiger partial charge in [0.15, 0.2) is 5.50 Å². The quantitative estimate of drug-likeness (QED) is 0.578. The summed E-state index contributed by atoms with van der Waals surface area (Å²) < 4.78 is 35.0. The molecule has 5 heteroatoms. The van der Waals surface area contributed by atoms with Crippen molar-refractivity contribution < 1.29 is 18.0 Å². The van der Waals surface area contributed by atoms with Crippen LogP contribution < -0.4 is 0 Å². The standard InChI is InChI=1S/C4H5F3OS/c1-9-4(7)2(5)3(6)8/h2,4H,1H3. The van der Waals surface area contributed by atoms with Crippen molar-refractivity contribution in [1.29, 1.82) is 0 Å². The molecule has 0 N–H and O–H groups in total. The third-order valence-electron chi connectivity index (χ3n) is 0.672. The summed E-state index contributed by atoms with van der Waals surface area (Å²) in [5.41, 5.74) is -2.08. The van der Waals surface area contributed by atoms with Crippen LogP contribution in [0.2, 0.25) is 0 Å². The highest BCUT2D eigenvalue weighted by Gasteiger charge is 2.26. The number of hydrogen-bond donors (Lipinski definition) is 0. The lowest BCUT2D eigenvalue weighted by molar-refractivity contribution is -0.135. The highest BCUT2D eigenvalue weighted by molar-refractivity contribution is 7.99. The molecule has 0 bridgehead atoms. The minimum absolute atomic E-state index is 0.459. The van der Waals surface area contributed by atoms with Crippen molar-refractivity contribution in [1.82, 2.24) is 0 Å². The maximum Gasteiger partial charge on any atom is 0.339 e. The molecule has 0 aromatic rings. The fraction of sp³-hybridized carbons (Fsp3) is 0.750. The molecule has 0 rings (SSSR count). The van der Waals surface area contributed by atoms with E-state index in [1.165, 1.54) is 6.26 Å². The van der Waals surface area contributed by atoms with Crippen LogP contribution in [0, 0.1) is 0 Å². The van der Waals surface area contributed by atoms with Crippen LogP contribution in [0.15, 0.2) is 0 Å². The van der Waals surface area contributed by atoms with E-state index in [9.17, 15) is 18.0 Å². The van der Waals surface area contributed by atoms with Gasteiger partial charge in [0, 0.05) is 0 Å². The van der Waals surface area contributed by atoms with Crippen molar-refractivity contribution in [2.45, 2.75) is 11.7 Å². The molecule has 2 unspecified atom stereocenters. The van der Waals surface area contributed by atoms with Gasteiger partial charge in [-0.25, -0.2) is 8.78 Å². The van der Waals surface area contributed by atoms with E-state index >= 15 is 0 Å². The van der Waals surface area contributed by atoms with Crippen LogP contribution in [-0.4, -0.2) is 24.0 Å². The zero-order chi connectivity index (χ0) is 7.44. The Kier molecular flexibility index (Phi) is 3.68. The van der Waals surface area contributed by atoms with E-state index in [4.69, 9.17) is 0 Å². The van der Waals surface area contributed by atoms with Crippen molar-refractivity contribution in [2.24, 2.45) is 0 Å². The molecule has 9 heavy (non-hydrogen) atoms. The predicted octanol–water partition coefficient (Wildman–Crippen LogP) is 1.48. The van der Waals surface area contributed by atoms with E-state index in [2.05, 4.69) is 0 Å². The molecule has 1 nitrogen and oxygen atoms in total. The molecule has 0 radical (unpaired) electrons. The fourth-order valence-electron chi connectivity index (χ4n) is 0.222. The van der Waals surface area contributed by atoms with Gasteiger partial charge in [-0.1, -0.05) is 0 Å². The van der Waals surface area contributed by atoms with Gasteiger partial charge in [-0.3, -0.25) is 4.79 Å². The summed E-state index contributed by atoms with van der Waals surface area (Å²) in [6.45, 7) is 0. The van der Waals surface area contributed by atoms with Gasteiger partial charge in [-0.15, -0.1) is 11.8 Å². The second-order valence-corrected chi connectivity index (χ2v) is 2.21. The number of alkyl halides is 2. The number of rotatable bonds is 3. The molecule has 54 valence electrons. The van der Waals surface area contributed by atoms with E-state index in [1.54, 1.807) is 0 Å². The van der Waals surface area contributed by atoms with Gasteiger partial charge in [0.25, 0.3) is 0 Å². The monoisotopic (exact) mass is 158 g/mol. The molecule has 0 spiro atoms. The second kappa shape index (κ2) is 3.76. The number of halogens is 3. The lowest BCUT2D eigenvalue weighted by atomic mass is 10.4. The Morgan fingerprint density at radius 3 is 2.11 bits per heavy atom. The van der Waals surface area contributed by atoms with Gasteiger partial charge in [0.05, 0.1) is 0 Å². The molecule has 0 aliphatic carbocycles. The second-order valence-electron chi connectivity index (χ2n) is 1.29. The summed E-state index contributed by atoms with van der Waals surface area (Å²) in [5, 5.41) is 0. The van der Waals surface area contributed by atoms with E-state index in [1.807, 2.05) is 0 Å². The third kappa shape index (κ3) is 2.74. The third-order valence-corrected chi connectivity index (χ3v) is 1.36. The van der Waals surface area contributed by atoms with Crippen molar-refractivity contribution in [3.05, 3.63) is 0 Å². The highest BCUT2D eigenvalue weighted by atomic mass is 32.2. The molecule has 0 aliphatic heterocycles. The smallest absolute Gasteiger partial charge is 0.258 e. The van der Waals surface area contributed by atoms with E-state index < -0.39 is 17.7 Å². The zero-order valence-electron chi connectivity index (χ0n) is 4.61. The Balaban J connectivity index is 3.72. The summed E-state index contributed by atoms with van der Waals surface area (Å²) in [6, 6.07) is -2.25. The summed E-state index contributed by atoms with van der Waals surface area (Å²) in [4.78, 5) is 9.45. The van der Waals surface area contributed by atoms with Crippen molar-refractivity contribution in [3.8, 4) is 0 Å². The SMILES string of the molecule is CSC(F)C(F)C(=O)F. The van der Waals surface area contributed by atoms with E-state index in [-0.39, 0.29) is 0 Å². The molecule has 0 amide bonds. The summed E-state index contributed by atoms with van der Waals surface area (Å²) in [6.07, 6.45) is -1.37. The Bertz CT molecular complexity index is 108. The average molecular weight is 158 g/mol. The van der Waals surface area contributed by atoms with Crippen LogP contribution in [0.3, 0.4) is 0 Å². The van der Waals surface area contributed by atoms with Gasteiger partial charge >= 0.3 is 6.04 Å². The number of hydrogen-bond acceptors (Lipinski definition) is 2. The van der Waals surface area contributed by atoms with Gasteiger partial charge in [0.2, 0.25) is 6.17 Å². The molecule has 0 aromatic heterocycles. The molecule has 0 saturated carbocycles. The topological polar surface area (TPSA) is 17.1 Å². The zero-order valence-corrected chi connectivity index (χ0v) is 5.42. The average Bonchev–Trinajstić information content (AvgIpc) is 1.84. The highest BCUT2D eigenvalue weighted by Crippen LogP contribution is 2.16. The van der Waals surface area contributed by atoms with Crippen LogP contribution in [0.1, 0.15) is 0 Å². The van der Waals surface area contributed by atoms with E-state index in [0.29, 0.717) is 11.8 Å². The van der Waals surface area contributed by atoms with Crippen molar-refractivity contribution in [2.75, 3.05) is 6.26 Å². The van der Waals surface area contributed by atoms with Crippen LogP contribution in [0.25, 0.3) is 0 Å². The van der Waals surface area contributed by atoms with Crippen LogP contribution in [0.4, 0.5) is 13.2 Å². The molecular weight excluding hydrogens is 153 g/mol. The minimum Gasteiger partial charge on any atom is -0.258 e. The lowest BCUT2D eigenvalue weighted by Crippen LogP contribution is -2.20. The molecule has 0 heterocycles. The molecule has 0 aliphatic rings. The fourth-order valence-corrected chi connectivity index (χ4v) is 0.568. The van der Waals surface area contributed by atoms with Crippen LogP contribution in [0.5, 0.6) is 0 Å². The number of thioether (sulfide) groups is 1. The Labute approximate surface area is 54.6 Å². The lowest BCUT2D eigenvalue weighted by Gasteiger charge is -2.03. The molecule has 2 atom stereocenters. The molecule has 0 aromatic carbocycles. The maximum atomic E-state index is 11.9. The number of carbonyl (C=O) groups is 1. The first kappa shape index (κ1) is 8.81. The summed E-state index contributed by atoms with van der Waals surface area (Å²) in [5.74, 6) is 0. The summed E-state index contributed by atoms with van der Waals surface area (Å²) in [7, 11) is 0. The first-order valence-corrected chi connectivity index (χ1v) is 3.38. The largest absolute Gasteiger partial charge is 0.339 e. The van der Waals surface area contributed by atoms with Gasteiger partial charge in [0.1, 0.15) is 0 Å². The Morgan fingerprint density at radius 2 is 2.00 bits per heavy atom. The molecule has 0 fully saturated rings. The van der Waals surface area contributed by atoms with Gasteiger partial charge in [-0.2, -0.15) is 4.39 Å². The van der Waals surface area contributed by atoms with Crippen LogP contribution in [-0.2, 0) is 4.79 Å². The van der Waals surface area contributed by atoms with Crippen molar-refractivity contribution >= 4 is 17.8 Å². The van der Waals surface area contributed by atoms with E-state index in [0.717, 1.165) is 0 Å². The van der Waals surface area contributed by atoms with Gasteiger partial charge in [-0.05, 0) is 6.26 Å². The molecular formula is C4H5F3OS. The number of carbonyl (C=O) groups excluding carboxylic acids is 1. The first-order chi connectivity index (χ1) is 4.09. The predicted molar refractivity (Wildman–Crippen MR) is 29.4 cm³/mol. The summed E-state index contributed by atoms with van der Waals surface area (Å²) >= 11 is 0.459. The Morgan fingerprint density at radius 1 is 1.56 bits per heavy atom. The minimum atomic E-state index is -2.63. The first-order valence-electron chi connectivity index (χ1n) is 2.10. The molecule has 0 saturated heterocycles. The van der Waals surface area contributed by atoms with Gasteiger partial charge < -0.3 is 0 Å². The van der Waals surface area contributed by atoms with Crippen molar-refractivity contribution in [3.63, 3.8) is 0 Å². The maximum absolute atomic E-state index is 11.9.